The van der Waals surface area contributed by atoms with Gasteiger partial charge in [-0.05, 0) is 24.3 Å². The molecule has 0 amide bonds. The molecule has 0 aliphatic heterocycles. The molecule has 2 aromatic rings. The van der Waals surface area contributed by atoms with Crippen LogP contribution in [0.1, 0.15) is 11.3 Å². The molecule has 1 aromatic heterocycles. The van der Waals surface area contributed by atoms with E-state index in [1.807, 2.05) is 12.1 Å². The van der Waals surface area contributed by atoms with Crippen molar-refractivity contribution in [3.63, 3.8) is 0 Å². The van der Waals surface area contributed by atoms with Crippen LogP contribution in [0.2, 0.25) is 10.0 Å². The highest BCUT2D eigenvalue weighted by Crippen LogP contribution is 2.25. The minimum Gasteiger partial charge on any atom is -0.489 e. The Kier molecular flexibility index (Phi) is 4.42. The molecule has 2 N–H and O–H groups in total. The number of hydrogen-bond acceptors (Lipinski definition) is 3. The Balaban J connectivity index is 2.11. The van der Waals surface area contributed by atoms with Crippen LogP contribution in [0.25, 0.3) is 0 Å². The molecule has 0 radical (unpaired) electrons. The average Bonchev–Trinajstić information content (AvgIpc) is 2.35. The van der Waals surface area contributed by atoms with E-state index in [1.165, 1.54) is 0 Å². The molecule has 0 fully saturated rings. The number of nitrogens with zero attached hydrogens (tertiary/aromatic N) is 1. The number of rotatable bonds is 4. The van der Waals surface area contributed by atoms with Crippen LogP contribution in [0, 0.1) is 0 Å². The molecule has 94 valence electrons. The predicted molar refractivity (Wildman–Crippen MR) is 72.9 cm³/mol. The maximum atomic E-state index is 5.89. The molecular weight excluding hydrogens is 271 g/mol. The minimum absolute atomic E-state index is 0.385. The smallest absolute Gasteiger partial charge is 0.122 e. The molecule has 0 saturated carbocycles. The molecule has 1 aromatic carbocycles. The molecule has 0 aliphatic rings. The lowest BCUT2D eigenvalue weighted by Gasteiger charge is -2.09. The van der Waals surface area contributed by atoms with Gasteiger partial charge in [0.2, 0.25) is 0 Å². The van der Waals surface area contributed by atoms with Crippen LogP contribution < -0.4 is 10.5 Å². The van der Waals surface area contributed by atoms with Crippen LogP contribution >= 0.6 is 23.2 Å². The molecule has 0 bridgehead atoms. The summed E-state index contributed by atoms with van der Waals surface area (Å²) in [7, 11) is 0. The molecule has 0 aliphatic carbocycles. The van der Waals surface area contributed by atoms with E-state index >= 15 is 0 Å². The van der Waals surface area contributed by atoms with Crippen LogP contribution in [-0.2, 0) is 13.2 Å². The SMILES string of the molecule is NCc1ncccc1COc1cc(Cl)cc(Cl)c1. The van der Waals surface area contributed by atoms with Crippen molar-refractivity contribution in [2.75, 3.05) is 0 Å². The summed E-state index contributed by atoms with van der Waals surface area (Å²) in [6, 6.07) is 8.87. The Bertz CT molecular complexity index is 526. The maximum Gasteiger partial charge on any atom is 0.122 e. The number of ether oxygens (including phenoxy) is 1. The Hall–Kier alpha value is -1.29. The lowest BCUT2D eigenvalue weighted by Crippen LogP contribution is -2.06. The Morgan fingerprint density at radius 1 is 1.17 bits per heavy atom. The average molecular weight is 283 g/mol. The molecule has 0 atom stereocenters. The first-order valence-corrected chi connectivity index (χ1v) is 6.16. The van der Waals surface area contributed by atoms with Gasteiger partial charge in [0.05, 0.1) is 5.69 Å². The van der Waals surface area contributed by atoms with E-state index in [0.29, 0.717) is 28.9 Å². The number of aromatic nitrogens is 1. The summed E-state index contributed by atoms with van der Waals surface area (Å²) in [6.45, 7) is 0.771. The molecule has 0 unspecified atom stereocenters. The zero-order chi connectivity index (χ0) is 13.0. The minimum atomic E-state index is 0.385. The first-order valence-electron chi connectivity index (χ1n) is 5.41. The Labute approximate surface area is 115 Å². The fraction of sp³-hybridized carbons (Fsp3) is 0.154. The molecule has 3 nitrogen and oxygen atoms in total. The standard InChI is InChI=1S/C13H12Cl2N2O/c14-10-4-11(15)6-12(5-10)18-8-9-2-1-3-17-13(9)7-16/h1-6H,7-8,16H2. The van der Waals surface area contributed by atoms with E-state index in [0.717, 1.165) is 11.3 Å². The van der Waals surface area contributed by atoms with Gasteiger partial charge in [0.15, 0.2) is 0 Å². The van der Waals surface area contributed by atoms with Crippen molar-refractivity contribution in [2.45, 2.75) is 13.2 Å². The van der Waals surface area contributed by atoms with Crippen molar-refractivity contribution in [3.05, 3.63) is 57.8 Å². The Morgan fingerprint density at radius 3 is 2.56 bits per heavy atom. The Morgan fingerprint density at radius 2 is 1.89 bits per heavy atom. The van der Waals surface area contributed by atoms with Crippen molar-refractivity contribution >= 4 is 23.2 Å². The third-order valence-corrected chi connectivity index (χ3v) is 2.84. The topological polar surface area (TPSA) is 48.1 Å². The number of benzene rings is 1. The van der Waals surface area contributed by atoms with Gasteiger partial charge in [0, 0.05) is 28.4 Å². The zero-order valence-corrected chi connectivity index (χ0v) is 11.1. The molecular formula is C13H12Cl2N2O. The van der Waals surface area contributed by atoms with Crippen molar-refractivity contribution in [3.8, 4) is 5.75 Å². The number of hydrogen-bond donors (Lipinski definition) is 1. The summed E-state index contributed by atoms with van der Waals surface area (Å²) >= 11 is 11.8. The van der Waals surface area contributed by atoms with E-state index in [4.69, 9.17) is 33.7 Å². The number of halogens is 2. The summed E-state index contributed by atoms with van der Waals surface area (Å²) < 4.78 is 5.63. The van der Waals surface area contributed by atoms with Gasteiger partial charge in [0.25, 0.3) is 0 Å². The normalized spacial score (nSPS) is 10.4. The van der Waals surface area contributed by atoms with Gasteiger partial charge >= 0.3 is 0 Å². The third kappa shape index (κ3) is 3.35. The van der Waals surface area contributed by atoms with Gasteiger partial charge in [-0.25, -0.2) is 0 Å². The van der Waals surface area contributed by atoms with E-state index in [1.54, 1.807) is 24.4 Å². The third-order valence-electron chi connectivity index (χ3n) is 2.41. The van der Waals surface area contributed by atoms with Gasteiger partial charge in [-0.2, -0.15) is 0 Å². The van der Waals surface area contributed by atoms with Gasteiger partial charge in [-0.1, -0.05) is 29.3 Å². The van der Waals surface area contributed by atoms with E-state index in [9.17, 15) is 0 Å². The fourth-order valence-corrected chi connectivity index (χ4v) is 2.07. The molecule has 1 heterocycles. The van der Waals surface area contributed by atoms with Crippen LogP contribution in [0.5, 0.6) is 5.75 Å². The second-order valence-electron chi connectivity index (χ2n) is 3.71. The number of pyridine rings is 1. The summed E-state index contributed by atoms with van der Waals surface area (Å²) in [5.74, 6) is 0.624. The van der Waals surface area contributed by atoms with Gasteiger partial charge in [-0.3, -0.25) is 4.98 Å². The van der Waals surface area contributed by atoms with Crippen molar-refractivity contribution in [1.29, 1.82) is 0 Å². The maximum absolute atomic E-state index is 5.89. The van der Waals surface area contributed by atoms with Gasteiger partial charge in [0.1, 0.15) is 12.4 Å². The first-order chi connectivity index (χ1) is 8.69. The molecule has 18 heavy (non-hydrogen) atoms. The van der Waals surface area contributed by atoms with E-state index in [2.05, 4.69) is 4.98 Å². The monoisotopic (exact) mass is 282 g/mol. The van der Waals surface area contributed by atoms with Crippen molar-refractivity contribution in [1.82, 2.24) is 4.98 Å². The van der Waals surface area contributed by atoms with Gasteiger partial charge < -0.3 is 10.5 Å². The van der Waals surface area contributed by atoms with Crippen LogP contribution in [0.4, 0.5) is 0 Å². The summed E-state index contributed by atoms with van der Waals surface area (Å²) in [5, 5.41) is 1.09. The van der Waals surface area contributed by atoms with Gasteiger partial charge in [-0.15, -0.1) is 0 Å². The molecule has 2 rings (SSSR count). The lowest BCUT2D eigenvalue weighted by molar-refractivity contribution is 0.304. The summed E-state index contributed by atoms with van der Waals surface area (Å²) in [5.41, 5.74) is 7.39. The second kappa shape index (κ2) is 6.05. The quantitative estimate of drug-likeness (QED) is 0.935. The van der Waals surface area contributed by atoms with Crippen LogP contribution in [0.3, 0.4) is 0 Å². The fourth-order valence-electron chi connectivity index (χ4n) is 1.56. The largest absolute Gasteiger partial charge is 0.489 e. The van der Waals surface area contributed by atoms with Crippen molar-refractivity contribution in [2.24, 2.45) is 5.73 Å². The van der Waals surface area contributed by atoms with E-state index in [-0.39, 0.29) is 0 Å². The highest BCUT2D eigenvalue weighted by Gasteiger charge is 2.04. The lowest BCUT2D eigenvalue weighted by atomic mass is 10.2. The summed E-state index contributed by atoms with van der Waals surface area (Å²) in [4.78, 5) is 4.19. The van der Waals surface area contributed by atoms with Crippen molar-refractivity contribution < 1.29 is 4.74 Å². The molecule has 5 heteroatoms. The highest BCUT2D eigenvalue weighted by molar-refractivity contribution is 6.34. The second-order valence-corrected chi connectivity index (χ2v) is 4.58. The zero-order valence-electron chi connectivity index (χ0n) is 9.57. The van der Waals surface area contributed by atoms with E-state index < -0.39 is 0 Å². The first kappa shape index (κ1) is 13.1. The molecule has 0 spiro atoms. The summed E-state index contributed by atoms with van der Waals surface area (Å²) in [6.07, 6.45) is 1.71. The highest BCUT2D eigenvalue weighted by atomic mass is 35.5. The van der Waals surface area contributed by atoms with Crippen LogP contribution in [0.15, 0.2) is 36.5 Å². The number of nitrogens with two attached hydrogens (primary N) is 1. The predicted octanol–water partition coefficient (Wildman–Crippen LogP) is 3.43. The molecule has 0 saturated heterocycles. The van der Waals surface area contributed by atoms with Crippen LogP contribution in [-0.4, -0.2) is 4.98 Å².